The number of ether oxygens (including phenoxy) is 4. The van der Waals surface area contributed by atoms with Crippen molar-refractivity contribution >= 4 is 27.6 Å². The number of hydrogen-bond acceptors (Lipinski definition) is 8. The first-order chi connectivity index (χ1) is 16.2. The first-order valence-corrected chi connectivity index (χ1v) is 12.1. The zero-order valence-electron chi connectivity index (χ0n) is 19.3. The van der Waals surface area contributed by atoms with E-state index in [-0.39, 0.29) is 41.9 Å². The fourth-order valence-electron chi connectivity index (χ4n) is 3.18. The molecule has 2 aromatic carbocycles. The standard InChI is InChI=1S/C23H28N2O8S/c1-16(2)33-21-8-7-19(34(28,29)25-9-11-31-12-10-25)14-20(21)24-23(27)17-5-4-6-18(13-17)32-15-22(26)30-3/h4-8,13-14,16H,9-12,15H2,1-3H3,(H,24,27). The van der Waals surface area contributed by atoms with Crippen LogP contribution in [-0.2, 0) is 24.3 Å². The van der Waals surface area contributed by atoms with Crippen molar-refractivity contribution in [1.82, 2.24) is 4.31 Å². The van der Waals surface area contributed by atoms with E-state index in [1.807, 2.05) is 13.8 Å². The van der Waals surface area contributed by atoms with Gasteiger partial charge in [-0.1, -0.05) is 6.07 Å². The van der Waals surface area contributed by atoms with Crippen LogP contribution in [0.15, 0.2) is 47.4 Å². The molecule has 0 spiro atoms. The van der Waals surface area contributed by atoms with Crippen LogP contribution in [0.3, 0.4) is 0 Å². The SMILES string of the molecule is COC(=O)COc1cccc(C(=O)Nc2cc(S(=O)(=O)N3CCOCC3)ccc2OC(C)C)c1. The number of rotatable bonds is 9. The van der Waals surface area contributed by atoms with Crippen LogP contribution in [-0.4, -0.2) is 70.7 Å². The minimum Gasteiger partial charge on any atom is -0.489 e. The van der Waals surface area contributed by atoms with Crippen molar-refractivity contribution < 1.29 is 37.0 Å². The predicted octanol–water partition coefficient (Wildman–Crippen LogP) is 2.30. The Morgan fingerprint density at radius 2 is 1.85 bits per heavy atom. The van der Waals surface area contributed by atoms with E-state index >= 15 is 0 Å². The number of carbonyl (C=O) groups excluding carboxylic acids is 2. The Kier molecular flexibility index (Phi) is 8.48. The lowest BCUT2D eigenvalue weighted by atomic mass is 10.2. The van der Waals surface area contributed by atoms with Gasteiger partial charge in [0.15, 0.2) is 6.61 Å². The Hall–Kier alpha value is -3.15. The summed E-state index contributed by atoms with van der Waals surface area (Å²) in [6.45, 7) is 4.52. The molecule has 1 aliphatic heterocycles. The summed E-state index contributed by atoms with van der Waals surface area (Å²) in [6.07, 6.45) is -0.201. The molecule has 2 aromatic rings. The number of anilines is 1. The fraction of sp³-hybridized carbons (Fsp3) is 0.391. The summed E-state index contributed by atoms with van der Waals surface area (Å²) in [5.74, 6) is -0.413. The second kappa shape index (κ2) is 11.3. The van der Waals surface area contributed by atoms with E-state index in [4.69, 9.17) is 14.2 Å². The fourth-order valence-corrected chi connectivity index (χ4v) is 4.62. The molecule has 0 saturated carbocycles. The normalized spacial score (nSPS) is 14.5. The molecule has 34 heavy (non-hydrogen) atoms. The van der Waals surface area contributed by atoms with Gasteiger partial charge in [0.25, 0.3) is 5.91 Å². The van der Waals surface area contributed by atoms with Crippen LogP contribution in [0.4, 0.5) is 5.69 Å². The van der Waals surface area contributed by atoms with Crippen LogP contribution in [0.5, 0.6) is 11.5 Å². The molecule has 0 aliphatic carbocycles. The lowest BCUT2D eigenvalue weighted by Crippen LogP contribution is -2.40. The van der Waals surface area contributed by atoms with Crippen molar-refractivity contribution in [3.05, 3.63) is 48.0 Å². The summed E-state index contributed by atoms with van der Waals surface area (Å²) in [6, 6.07) is 10.6. The molecule has 1 heterocycles. The van der Waals surface area contributed by atoms with E-state index in [0.717, 1.165) is 0 Å². The summed E-state index contributed by atoms with van der Waals surface area (Å²) in [4.78, 5) is 24.3. The average molecular weight is 493 g/mol. The van der Waals surface area contributed by atoms with Gasteiger partial charge in [-0.15, -0.1) is 0 Å². The van der Waals surface area contributed by atoms with Gasteiger partial charge in [-0.2, -0.15) is 4.31 Å². The van der Waals surface area contributed by atoms with Crippen LogP contribution in [0.2, 0.25) is 0 Å². The van der Waals surface area contributed by atoms with Crippen LogP contribution >= 0.6 is 0 Å². The van der Waals surface area contributed by atoms with Gasteiger partial charge in [-0.05, 0) is 50.2 Å². The molecule has 0 aromatic heterocycles. The van der Waals surface area contributed by atoms with Crippen molar-refractivity contribution in [3.63, 3.8) is 0 Å². The molecule has 1 fully saturated rings. The van der Waals surface area contributed by atoms with E-state index < -0.39 is 21.9 Å². The van der Waals surface area contributed by atoms with Crippen LogP contribution in [0, 0.1) is 0 Å². The lowest BCUT2D eigenvalue weighted by molar-refractivity contribution is -0.142. The van der Waals surface area contributed by atoms with Crippen LogP contribution < -0.4 is 14.8 Å². The first kappa shape index (κ1) is 25.5. The van der Waals surface area contributed by atoms with E-state index in [9.17, 15) is 18.0 Å². The third kappa shape index (κ3) is 6.46. The van der Waals surface area contributed by atoms with Gasteiger partial charge >= 0.3 is 5.97 Å². The van der Waals surface area contributed by atoms with E-state index in [1.165, 1.54) is 35.7 Å². The third-order valence-corrected chi connectivity index (χ3v) is 6.74. The highest BCUT2D eigenvalue weighted by Gasteiger charge is 2.27. The van der Waals surface area contributed by atoms with E-state index in [0.29, 0.717) is 24.7 Å². The summed E-state index contributed by atoms with van der Waals surface area (Å²) < 4.78 is 48.4. The van der Waals surface area contributed by atoms with Crippen molar-refractivity contribution in [1.29, 1.82) is 0 Å². The van der Waals surface area contributed by atoms with Crippen molar-refractivity contribution in [2.75, 3.05) is 45.3 Å². The molecule has 1 saturated heterocycles. The molecule has 11 heteroatoms. The highest BCUT2D eigenvalue weighted by molar-refractivity contribution is 7.89. The Balaban J connectivity index is 1.86. The smallest absolute Gasteiger partial charge is 0.343 e. The number of sulfonamides is 1. The Bertz CT molecular complexity index is 1130. The summed E-state index contributed by atoms with van der Waals surface area (Å²) in [7, 11) is -2.52. The maximum absolute atomic E-state index is 13.1. The molecule has 0 unspecified atom stereocenters. The second-order valence-electron chi connectivity index (χ2n) is 7.69. The number of nitrogens with zero attached hydrogens (tertiary/aromatic N) is 1. The zero-order valence-corrected chi connectivity index (χ0v) is 20.1. The Morgan fingerprint density at radius 3 is 2.53 bits per heavy atom. The minimum atomic E-state index is -3.77. The molecule has 1 amide bonds. The Labute approximate surface area is 198 Å². The maximum Gasteiger partial charge on any atom is 0.343 e. The molecule has 0 atom stereocenters. The first-order valence-electron chi connectivity index (χ1n) is 10.7. The maximum atomic E-state index is 13.1. The van der Waals surface area contributed by atoms with E-state index in [2.05, 4.69) is 10.1 Å². The quantitative estimate of drug-likeness (QED) is 0.530. The lowest BCUT2D eigenvalue weighted by Gasteiger charge is -2.26. The molecular formula is C23H28N2O8S. The number of morpholine rings is 1. The van der Waals surface area contributed by atoms with Gasteiger partial charge in [0.1, 0.15) is 11.5 Å². The molecule has 1 N–H and O–H groups in total. The van der Waals surface area contributed by atoms with Crippen molar-refractivity contribution in [3.8, 4) is 11.5 Å². The van der Waals surface area contributed by atoms with E-state index in [1.54, 1.807) is 18.2 Å². The zero-order chi connectivity index (χ0) is 24.7. The average Bonchev–Trinajstić information content (AvgIpc) is 2.83. The molecule has 0 bridgehead atoms. The number of methoxy groups -OCH3 is 1. The second-order valence-corrected chi connectivity index (χ2v) is 9.63. The minimum absolute atomic E-state index is 0.0379. The summed E-state index contributed by atoms with van der Waals surface area (Å²) >= 11 is 0. The van der Waals surface area contributed by atoms with Gasteiger partial charge in [0.05, 0.1) is 37.0 Å². The number of hydrogen-bond donors (Lipinski definition) is 1. The number of benzene rings is 2. The van der Waals surface area contributed by atoms with Crippen LogP contribution in [0.1, 0.15) is 24.2 Å². The molecule has 0 radical (unpaired) electrons. The highest BCUT2D eigenvalue weighted by Crippen LogP contribution is 2.31. The van der Waals surface area contributed by atoms with Crippen LogP contribution in [0.25, 0.3) is 0 Å². The molecule has 3 rings (SSSR count). The predicted molar refractivity (Wildman–Crippen MR) is 124 cm³/mol. The van der Waals surface area contributed by atoms with Gasteiger partial charge in [-0.25, -0.2) is 13.2 Å². The highest BCUT2D eigenvalue weighted by atomic mass is 32.2. The Morgan fingerprint density at radius 1 is 1.12 bits per heavy atom. The number of amides is 1. The number of nitrogens with one attached hydrogen (secondary N) is 1. The van der Waals surface area contributed by atoms with Gasteiger partial charge < -0.3 is 24.3 Å². The monoisotopic (exact) mass is 492 g/mol. The van der Waals surface area contributed by atoms with Crippen molar-refractivity contribution in [2.45, 2.75) is 24.8 Å². The van der Waals surface area contributed by atoms with Gasteiger partial charge in [-0.3, -0.25) is 4.79 Å². The topological polar surface area (TPSA) is 120 Å². The molecular weight excluding hydrogens is 464 g/mol. The number of esters is 1. The largest absolute Gasteiger partial charge is 0.489 e. The number of carbonyl (C=O) groups is 2. The van der Waals surface area contributed by atoms with Gasteiger partial charge in [0, 0.05) is 18.7 Å². The molecule has 1 aliphatic rings. The summed E-state index contributed by atoms with van der Waals surface area (Å²) in [5, 5.41) is 2.73. The van der Waals surface area contributed by atoms with Crippen molar-refractivity contribution in [2.24, 2.45) is 0 Å². The third-order valence-electron chi connectivity index (χ3n) is 4.85. The molecule has 184 valence electrons. The van der Waals surface area contributed by atoms with Gasteiger partial charge in [0.2, 0.25) is 10.0 Å². The molecule has 10 nitrogen and oxygen atoms in total. The summed E-state index contributed by atoms with van der Waals surface area (Å²) in [5.41, 5.74) is 0.466.